The van der Waals surface area contributed by atoms with Crippen LogP contribution < -0.4 is 5.32 Å². The molecule has 0 aliphatic carbocycles. The van der Waals surface area contributed by atoms with Crippen LogP contribution in [0.3, 0.4) is 0 Å². The van der Waals surface area contributed by atoms with Gasteiger partial charge in [0.15, 0.2) is 0 Å². The van der Waals surface area contributed by atoms with Crippen LogP contribution in [0.5, 0.6) is 0 Å². The summed E-state index contributed by atoms with van der Waals surface area (Å²) in [6.07, 6.45) is 1.19. The predicted molar refractivity (Wildman–Crippen MR) is 121 cm³/mol. The van der Waals surface area contributed by atoms with Crippen LogP contribution in [-0.4, -0.2) is 41.9 Å². The van der Waals surface area contributed by atoms with Gasteiger partial charge in [0.05, 0.1) is 10.9 Å². The third kappa shape index (κ3) is 4.55. The summed E-state index contributed by atoms with van der Waals surface area (Å²) in [5.41, 5.74) is 2.15. The van der Waals surface area contributed by atoms with Crippen LogP contribution in [-0.2, 0) is 14.8 Å². The zero-order valence-corrected chi connectivity index (χ0v) is 19.3. The number of rotatable bonds is 5. The lowest BCUT2D eigenvalue weighted by Crippen LogP contribution is -2.43. The van der Waals surface area contributed by atoms with Crippen molar-refractivity contribution in [3.8, 4) is 11.4 Å². The Kier molecular flexibility index (Phi) is 6.32. The molecule has 3 aromatic rings. The third-order valence-electron chi connectivity index (χ3n) is 5.49. The maximum Gasteiger partial charge on any atom is 0.244 e. The fourth-order valence-corrected chi connectivity index (χ4v) is 5.74. The zero-order chi connectivity index (χ0) is 22.9. The minimum absolute atomic E-state index is 0.0425. The average Bonchev–Trinajstić information content (AvgIpc) is 3.22. The summed E-state index contributed by atoms with van der Waals surface area (Å²) in [5.74, 6) is 0.00362. The van der Waals surface area contributed by atoms with Gasteiger partial charge in [-0.2, -0.15) is 9.29 Å². The molecule has 1 aliphatic rings. The van der Waals surface area contributed by atoms with E-state index in [1.807, 2.05) is 31.2 Å². The van der Waals surface area contributed by atoms with Crippen molar-refractivity contribution in [3.63, 3.8) is 0 Å². The summed E-state index contributed by atoms with van der Waals surface area (Å²) in [6, 6.07) is 12.1. The third-order valence-corrected chi connectivity index (χ3v) is 7.84. The number of piperidine rings is 1. The van der Waals surface area contributed by atoms with Crippen LogP contribution in [0, 0.1) is 19.8 Å². The second-order valence-corrected chi connectivity index (χ2v) is 10.1. The summed E-state index contributed by atoms with van der Waals surface area (Å²) in [5, 5.41) is 6.86. The van der Waals surface area contributed by atoms with Crippen molar-refractivity contribution in [2.24, 2.45) is 5.92 Å². The Bertz CT molecular complexity index is 1260. The summed E-state index contributed by atoms with van der Waals surface area (Å²) in [4.78, 5) is 17.0. The van der Waals surface area contributed by atoms with Gasteiger partial charge < -0.3 is 9.84 Å². The first-order valence-electron chi connectivity index (χ1n) is 10.2. The highest BCUT2D eigenvalue weighted by Crippen LogP contribution is 2.32. The van der Waals surface area contributed by atoms with Crippen molar-refractivity contribution in [3.05, 3.63) is 58.9 Å². The van der Waals surface area contributed by atoms with Gasteiger partial charge in [-0.1, -0.05) is 35.0 Å². The molecule has 8 nitrogen and oxygen atoms in total. The first kappa shape index (κ1) is 22.4. The highest BCUT2D eigenvalue weighted by molar-refractivity contribution is 7.89. The molecule has 2 aromatic carbocycles. The number of hydrogen-bond donors (Lipinski definition) is 1. The molecule has 4 rings (SSSR count). The maximum atomic E-state index is 13.4. The topological polar surface area (TPSA) is 105 Å². The molecule has 0 radical (unpaired) electrons. The second kappa shape index (κ2) is 9.01. The van der Waals surface area contributed by atoms with Gasteiger partial charge in [-0.05, 0) is 49.6 Å². The number of aromatic nitrogens is 2. The summed E-state index contributed by atoms with van der Waals surface area (Å²) >= 11 is 6.27. The number of sulfonamides is 1. The number of para-hydroxylation sites is 1. The minimum atomic E-state index is -3.93. The van der Waals surface area contributed by atoms with Gasteiger partial charge in [-0.3, -0.25) is 4.79 Å². The Hall–Kier alpha value is -2.75. The van der Waals surface area contributed by atoms with Gasteiger partial charge in [0, 0.05) is 31.3 Å². The fourth-order valence-electron chi connectivity index (χ4n) is 3.72. The van der Waals surface area contributed by atoms with Crippen LogP contribution in [0.2, 0.25) is 5.02 Å². The van der Waals surface area contributed by atoms with E-state index >= 15 is 0 Å². The summed E-state index contributed by atoms with van der Waals surface area (Å²) in [6.45, 7) is 3.97. The zero-order valence-electron chi connectivity index (χ0n) is 17.7. The SMILES string of the molecule is Cc1nc(-c2ccc(Cl)c(S(=O)(=O)N3CCC[C@H](C(=O)Nc4ccccc4C)C3)c2)no1. The van der Waals surface area contributed by atoms with Crippen LogP contribution in [0.15, 0.2) is 51.9 Å². The van der Waals surface area contributed by atoms with Crippen molar-refractivity contribution >= 4 is 33.2 Å². The Morgan fingerprint density at radius 3 is 2.72 bits per heavy atom. The van der Waals surface area contributed by atoms with Crippen LogP contribution in [0.4, 0.5) is 5.69 Å². The monoisotopic (exact) mass is 474 g/mol. The number of halogens is 1. The van der Waals surface area contributed by atoms with Gasteiger partial charge in [-0.25, -0.2) is 8.42 Å². The molecule has 1 fully saturated rings. The minimum Gasteiger partial charge on any atom is -0.339 e. The second-order valence-electron chi connectivity index (χ2n) is 7.79. The quantitative estimate of drug-likeness (QED) is 0.598. The molecule has 0 saturated carbocycles. The number of carbonyl (C=O) groups is 1. The normalized spacial score (nSPS) is 17.3. The molecule has 1 amide bonds. The molecule has 0 spiro atoms. The number of hydrogen-bond acceptors (Lipinski definition) is 6. The lowest BCUT2D eigenvalue weighted by molar-refractivity contribution is -0.120. The molecule has 1 N–H and O–H groups in total. The highest BCUT2D eigenvalue weighted by atomic mass is 35.5. The Morgan fingerprint density at radius 1 is 1.22 bits per heavy atom. The Morgan fingerprint density at radius 2 is 2.00 bits per heavy atom. The van der Waals surface area contributed by atoms with Crippen LogP contribution in [0.1, 0.15) is 24.3 Å². The molecule has 10 heteroatoms. The van der Waals surface area contributed by atoms with E-state index in [4.69, 9.17) is 16.1 Å². The van der Waals surface area contributed by atoms with E-state index in [0.717, 1.165) is 11.3 Å². The molecule has 32 heavy (non-hydrogen) atoms. The Labute approximate surface area is 191 Å². The van der Waals surface area contributed by atoms with Crippen molar-refractivity contribution in [1.82, 2.24) is 14.4 Å². The number of benzene rings is 2. The van der Waals surface area contributed by atoms with E-state index in [9.17, 15) is 13.2 Å². The Balaban J connectivity index is 1.56. The number of amides is 1. The smallest absolute Gasteiger partial charge is 0.244 e. The van der Waals surface area contributed by atoms with Crippen LogP contribution >= 0.6 is 11.6 Å². The summed E-state index contributed by atoms with van der Waals surface area (Å²) < 4.78 is 33.2. The van der Waals surface area contributed by atoms with Gasteiger partial charge in [0.1, 0.15) is 4.90 Å². The lowest BCUT2D eigenvalue weighted by Gasteiger charge is -2.31. The number of anilines is 1. The molecular formula is C22H23ClN4O4S. The average molecular weight is 475 g/mol. The van der Waals surface area contributed by atoms with Gasteiger partial charge >= 0.3 is 0 Å². The molecule has 1 aromatic heterocycles. The van der Waals surface area contributed by atoms with E-state index in [1.54, 1.807) is 13.0 Å². The number of carbonyl (C=O) groups excluding carboxylic acids is 1. The fraction of sp³-hybridized carbons (Fsp3) is 0.318. The van der Waals surface area contributed by atoms with Gasteiger partial charge in [-0.15, -0.1) is 0 Å². The van der Waals surface area contributed by atoms with Crippen molar-refractivity contribution in [2.75, 3.05) is 18.4 Å². The lowest BCUT2D eigenvalue weighted by atomic mass is 9.98. The number of aryl methyl sites for hydroxylation is 2. The van der Waals surface area contributed by atoms with Gasteiger partial charge in [0.25, 0.3) is 0 Å². The van der Waals surface area contributed by atoms with E-state index in [1.165, 1.54) is 16.4 Å². The van der Waals surface area contributed by atoms with E-state index in [2.05, 4.69) is 15.5 Å². The van der Waals surface area contributed by atoms with Crippen molar-refractivity contribution in [2.45, 2.75) is 31.6 Å². The molecule has 1 atom stereocenters. The molecule has 1 aliphatic heterocycles. The molecule has 2 heterocycles. The van der Waals surface area contributed by atoms with Gasteiger partial charge in [0.2, 0.25) is 27.6 Å². The molecule has 168 valence electrons. The van der Waals surface area contributed by atoms with Crippen LogP contribution in [0.25, 0.3) is 11.4 Å². The maximum absolute atomic E-state index is 13.4. The van der Waals surface area contributed by atoms with E-state index in [0.29, 0.717) is 30.8 Å². The van der Waals surface area contributed by atoms with Crippen molar-refractivity contribution in [1.29, 1.82) is 0 Å². The number of nitrogens with zero attached hydrogens (tertiary/aromatic N) is 3. The van der Waals surface area contributed by atoms with E-state index < -0.39 is 15.9 Å². The van der Waals surface area contributed by atoms with E-state index in [-0.39, 0.29) is 28.2 Å². The molecule has 1 saturated heterocycles. The molecule has 0 unspecified atom stereocenters. The highest BCUT2D eigenvalue weighted by Gasteiger charge is 2.34. The first-order chi connectivity index (χ1) is 15.3. The molecule has 0 bridgehead atoms. The molecular weight excluding hydrogens is 452 g/mol. The largest absolute Gasteiger partial charge is 0.339 e. The standard InChI is InChI=1S/C22H23ClN4O4S/c1-14-6-3-4-8-19(14)25-22(28)17-7-5-11-27(13-17)32(29,30)20-12-16(9-10-18(20)23)21-24-15(2)31-26-21/h3-4,6,8-10,12,17H,5,7,11,13H2,1-2H3,(H,25,28)/t17-/m0/s1. The van der Waals surface area contributed by atoms with Crippen molar-refractivity contribution < 1.29 is 17.7 Å². The predicted octanol–water partition coefficient (Wildman–Crippen LogP) is 4.05. The number of nitrogens with one attached hydrogen (secondary N) is 1. The first-order valence-corrected chi connectivity index (χ1v) is 12.0. The summed E-state index contributed by atoms with van der Waals surface area (Å²) in [7, 11) is -3.93.